The third-order valence-electron chi connectivity index (χ3n) is 5.11. The quantitative estimate of drug-likeness (QED) is 0.720. The summed E-state index contributed by atoms with van der Waals surface area (Å²) < 4.78 is 5.65. The van der Waals surface area contributed by atoms with E-state index in [0.29, 0.717) is 29.9 Å². The molecule has 1 aliphatic heterocycles. The minimum Gasteiger partial charge on any atom is -0.364 e. The van der Waals surface area contributed by atoms with Crippen LogP contribution in [0.2, 0.25) is 0 Å². The van der Waals surface area contributed by atoms with Gasteiger partial charge in [-0.3, -0.25) is 9.59 Å². The number of nitrogens with one attached hydrogen (secondary N) is 2. The van der Waals surface area contributed by atoms with E-state index in [1.165, 1.54) is 0 Å². The first-order valence-corrected chi connectivity index (χ1v) is 9.95. The summed E-state index contributed by atoms with van der Waals surface area (Å²) >= 11 is 0. The van der Waals surface area contributed by atoms with Gasteiger partial charge in [0.15, 0.2) is 0 Å². The number of para-hydroxylation sites is 2. The highest BCUT2D eigenvalue weighted by atomic mass is 16.5. The maximum Gasteiger partial charge on any atom is 0.255 e. The van der Waals surface area contributed by atoms with Crippen LogP contribution in [-0.2, 0) is 14.9 Å². The summed E-state index contributed by atoms with van der Waals surface area (Å²) in [5, 5.41) is 5.75. The second-order valence-electron chi connectivity index (χ2n) is 8.38. The molecule has 1 aliphatic rings. The maximum absolute atomic E-state index is 12.7. The lowest BCUT2D eigenvalue weighted by atomic mass is 9.87. The standard InChI is InChI=1S/C23H29N3O3/c1-23(2,3)16-10-8-15(9-11-16)21(27)25-18-6-4-5-7-19(18)26-22(28)20-13-12-17(14-24)29-20/h4-11,17,20H,12-14,24H2,1-3H3,(H,25,27)(H,26,28)/t17-,20+/m1/s1. The Balaban J connectivity index is 1.69. The van der Waals surface area contributed by atoms with Crippen molar-refractivity contribution >= 4 is 23.2 Å². The topological polar surface area (TPSA) is 93.5 Å². The highest BCUT2D eigenvalue weighted by Crippen LogP contribution is 2.26. The first-order chi connectivity index (χ1) is 13.8. The molecule has 0 saturated carbocycles. The fraction of sp³-hybridized carbons (Fsp3) is 0.391. The van der Waals surface area contributed by atoms with E-state index in [2.05, 4.69) is 31.4 Å². The maximum atomic E-state index is 12.7. The number of rotatable bonds is 5. The Hall–Kier alpha value is -2.70. The minimum absolute atomic E-state index is 0.0249. The fourth-order valence-electron chi connectivity index (χ4n) is 3.30. The zero-order valence-corrected chi connectivity index (χ0v) is 17.2. The van der Waals surface area contributed by atoms with Crippen molar-refractivity contribution in [3.63, 3.8) is 0 Å². The van der Waals surface area contributed by atoms with Crippen molar-refractivity contribution < 1.29 is 14.3 Å². The number of amides is 2. The van der Waals surface area contributed by atoms with Gasteiger partial charge >= 0.3 is 0 Å². The lowest BCUT2D eigenvalue weighted by Gasteiger charge is -2.19. The molecular formula is C23H29N3O3. The van der Waals surface area contributed by atoms with Gasteiger partial charge in [0.2, 0.25) is 0 Å². The molecule has 0 aromatic heterocycles. The van der Waals surface area contributed by atoms with Gasteiger partial charge in [-0.05, 0) is 48.1 Å². The van der Waals surface area contributed by atoms with Crippen molar-refractivity contribution in [3.8, 4) is 0 Å². The predicted molar refractivity (Wildman–Crippen MR) is 115 cm³/mol. The number of hydrogen-bond donors (Lipinski definition) is 3. The first-order valence-electron chi connectivity index (χ1n) is 9.95. The van der Waals surface area contributed by atoms with Gasteiger partial charge in [-0.2, -0.15) is 0 Å². The minimum atomic E-state index is -0.516. The van der Waals surface area contributed by atoms with Crippen LogP contribution in [0.1, 0.15) is 49.5 Å². The van der Waals surface area contributed by atoms with Crippen molar-refractivity contribution in [2.45, 2.75) is 51.2 Å². The molecule has 4 N–H and O–H groups in total. The lowest BCUT2D eigenvalue weighted by Crippen LogP contribution is -2.30. The van der Waals surface area contributed by atoms with Crippen LogP contribution in [0.15, 0.2) is 48.5 Å². The molecule has 0 unspecified atom stereocenters. The molecule has 154 valence electrons. The molecule has 2 atom stereocenters. The van der Waals surface area contributed by atoms with Crippen molar-refractivity contribution in [3.05, 3.63) is 59.7 Å². The Morgan fingerprint density at radius 2 is 1.62 bits per heavy atom. The molecule has 3 rings (SSSR count). The smallest absolute Gasteiger partial charge is 0.255 e. The Bertz CT molecular complexity index is 872. The van der Waals surface area contributed by atoms with Gasteiger partial charge in [0.1, 0.15) is 6.10 Å². The number of benzene rings is 2. The number of hydrogen-bond acceptors (Lipinski definition) is 4. The SMILES string of the molecule is CC(C)(C)c1ccc(C(=O)Nc2ccccc2NC(=O)[C@@H]2CC[C@H](CN)O2)cc1. The van der Waals surface area contributed by atoms with Crippen LogP contribution in [0.3, 0.4) is 0 Å². The molecule has 1 fully saturated rings. The van der Waals surface area contributed by atoms with Gasteiger partial charge < -0.3 is 21.1 Å². The van der Waals surface area contributed by atoms with E-state index in [-0.39, 0.29) is 23.3 Å². The van der Waals surface area contributed by atoms with E-state index in [1.54, 1.807) is 12.1 Å². The molecule has 6 nitrogen and oxygen atoms in total. The van der Waals surface area contributed by atoms with Crippen LogP contribution in [-0.4, -0.2) is 30.6 Å². The zero-order chi connectivity index (χ0) is 21.0. The molecule has 2 aromatic carbocycles. The van der Waals surface area contributed by atoms with Crippen LogP contribution >= 0.6 is 0 Å². The van der Waals surface area contributed by atoms with E-state index in [9.17, 15) is 9.59 Å². The van der Waals surface area contributed by atoms with Crippen molar-refractivity contribution in [1.82, 2.24) is 0 Å². The van der Waals surface area contributed by atoms with E-state index in [4.69, 9.17) is 10.5 Å². The van der Waals surface area contributed by atoms with Crippen LogP contribution in [0, 0.1) is 0 Å². The van der Waals surface area contributed by atoms with Crippen molar-refractivity contribution in [2.24, 2.45) is 5.73 Å². The molecule has 1 saturated heterocycles. The normalized spacial score (nSPS) is 19.0. The zero-order valence-electron chi connectivity index (χ0n) is 17.2. The van der Waals surface area contributed by atoms with Gasteiger partial charge in [-0.15, -0.1) is 0 Å². The number of carbonyl (C=O) groups excluding carboxylic acids is 2. The van der Waals surface area contributed by atoms with Gasteiger partial charge in [0, 0.05) is 12.1 Å². The van der Waals surface area contributed by atoms with Gasteiger partial charge in [-0.25, -0.2) is 0 Å². The summed E-state index contributed by atoms with van der Waals surface area (Å²) in [6.07, 6.45) is 0.828. The number of nitrogens with two attached hydrogens (primary N) is 1. The summed E-state index contributed by atoms with van der Waals surface area (Å²) in [7, 11) is 0. The molecule has 0 aliphatic carbocycles. The monoisotopic (exact) mass is 395 g/mol. The number of carbonyl (C=O) groups is 2. The van der Waals surface area contributed by atoms with Crippen LogP contribution in [0.5, 0.6) is 0 Å². The molecule has 0 spiro atoms. The Morgan fingerprint density at radius 3 is 2.17 bits per heavy atom. The average molecular weight is 396 g/mol. The summed E-state index contributed by atoms with van der Waals surface area (Å²) in [5.41, 5.74) is 8.44. The van der Waals surface area contributed by atoms with Gasteiger partial charge in [0.05, 0.1) is 17.5 Å². The molecule has 6 heteroatoms. The van der Waals surface area contributed by atoms with E-state index in [0.717, 1.165) is 12.0 Å². The Kier molecular flexibility index (Phi) is 6.35. The van der Waals surface area contributed by atoms with Crippen LogP contribution in [0.25, 0.3) is 0 Å². The van der Waals surface area contributed by atoms with Crippen LogP contribution < -0.4 is 16.4 Å². The number of anilines is 2. The first kappa shape index (κ1) is 21.0. The predicted octanol–water partition coefficient (Wildman–Crippen LogP) is 3.68. The Labute approximate surface area is 171 Å². The van der Waals surface area contributed by atoms with Crippen molar-refractivity contribution in [2.75, 3.05) is 17.2 Å². The summed E-state index contributed by atoms with van der Waals surface area (Å²) in [6, 6.07) is 14.7. The van der Waals surface area contributed by atoms with E-state index >= 15 is 0 Å². The average Bonchev–Trinajstić information content (AvgIpc) is 3.18. The number of ether oxygens (including phenoxy) is 1. The summed E-state index contributed by atoms with van der Waals surface area (Å²) in [5.74, 6) is -0.454. The largest absolute Gasteiger partial charge is 0.364 e. The molecule has 1 heterocycles. The van der Waals surface area contributed by atoms with Crippen LogP contribution in [0.4, 0.5) is 11.4 Å². The second kappa shape index (κ2) is 8.76. The van der Waals surface area contributed by atoms with Gasteiger partial charge in [-0.1, -0.05) is 45.0 Å². The Morgan fingerprint density at radius 1 is 1.00 bits per heavy atom. The molecule has 0 bridgehead atoms. The molecule has 0 radical (unpaired) electrons. The summed E-state index contributed by atoms with van der Waals surface area (Å²) in [4.78, 5) is 25.2. The summed E-state index contributed by atoms with van der Waals surface area (Å²) in [6.45, 7) is 6.80. The van der Waals surface area contributed by atoms with E-state index in [1.807, 2.05) is 36.4 Å². The van der Waals surface area contributed by atoms with Gasteiger partial charge in [0.25, 0.3) is 11.8 Å². The second-order valence-corrected chi connectivity index (χ2v) is 8.38. The fourth-order valence-corrected chi connectivity index (χ4v) is 3.30. The lowest BCUT2D eigenvalue weighted by molar-refractivity contribution is -0.126. The van der Waals surface area contributed by atoms with Crippen molar-refractivity contribution in [1.29, 1.82) is 0 Å². The van der Waals surface area contributed by atoms with E-state index < -0.39 is 6.10 Å². The third-order valence-corrected chi connectivity index (χ3v) is 5.11. The molecule has 29 heavy (non-hydrogen) atoms. The molecule has 2 aromatic rings. The third kappa shape index (κ3) is 5.22. The highest BCUT2D eigenvalue weighted by Gasteiger charge is 2.30. The highest BCUT2D eigenvalue weighted by molar-refractivity contribution is 6.07. The molecular weight excluding hydrogens is 366 g/mol. The molecule has 2 amide bonds.